The number of aliphatic imine (C=N–C) groups is 1. The van der Waals surface area contributed by atoms with Crippen molar-refractivity contribution >= 4 is 5.96 Å². The zero-order chi connectivity index (χ0) is 17.6. The van der Waals surface area contributed by atoms with Crippen LogP contribution in [0, 0.1) is 0 Å². The predicted molar refractivity (Wildman–Crippen MR) is 99.8 cm³/mol. The van der Waals surface area contributed by atoms with Crippen LogP contribution in [-0.2, 0) is 11.3 Å². The zero-order valence-corrected chi connectivity index (χ0v) is 15.5. The van der Waals surface area contributed by atoms with E-state index in [0.29, 0.717) is 13.2 Å². The van der Waals surface area contributed by atoms with Crippen LogP contribution in [0.2, 0.25) is 0 Å². The van der Waals surface area contributed by atoms with Crippen molar-refractivity contribution in [3.8, 4) is 5.75 Å². The number of benzene rings is 1. The average molecular weight is 336 g/mol. The lowest BCUT2D eigenvalue weighted by atomic mass is 10.2. The molecule has 24 heavy (non-hydrogen) atoms. The predicted octanol–water partition coefficient (Wildman–Crippen LogP) is 1.72. The van der Waals surface area contributed by atoms with Gasteiger partial charge < -0.3 is 25.0 Å². The maximum Gasteiger partial charge on any atom is 0.191 e. The van der Waals surface area contributed by atoms with Gasteiger partial charge in [0.15, 0.2) is 5.96 Å². The smallest absolute Gasteiger partial charge is 0.191 e. The van der Waals surface area contributed by atoms with E-state index in [9.17, 15) is 0 Å². The molecule has 0 aliphatic rings. The lowest BCUT2D eigenvalue weighted by molar-refractivity contribution is 0.150. The van der Waals surface area contributed by atoms with Gasteiger partial charge in [0, 0.05) is 33.3 Å². The summed E-state index contributed by atoms with van der Waals surface area (Å²) in [5.74, 6) is 1.72. The molecule has 0 heterocycles. The SMILES string of the molecule is CCNC(=NCc1cccc(OCCN(C)CCOC)c1)NCC. The Balaban J connectivity index is 2.46. The Labute approximate surface area is 146 Å². The quantitative estimate of drug-likeness (QED) is 0.476. The molecule has 1 aromatic rings. The number of rotatable bonds is 11. The highest BCUT2D eigenvalue weighted by molar-refractivity contribution is 5.79. The van der Waals surface area contributed by atoms with Crippen molar-refractivity contribution in [3.05, 3.63) is 29.8 Å². The van der Waals surface area contributed by atoms with Gasteiger partial charge >= 0.3 is 0 Å². The molecule has 1 aromatic carbocycles. The first-order chi connectivity index (χ1) is 11.7. The minimum Gasteiger partial charge on any atom is -0.492 e. The third kappa shape index (κ3) is 8.74. The lowest BCUT2D eigenvalue weighted by Crippen LogP contribution is -2.36. The van der Waals surface area contributed by atoms with Gasteiger partial charge in [-0.3, -0.25) is 0 Å². The van der Waals surface area contributed by atoms with E-state index in [1.165, 1.54) is 0 Å². The minimum atomic E-state index is 0.625. The van der Waals surface area contributed by atoms with E-state index >= 15 is 0 Å². The van der Waals surface area contributed by atoms with Crippen LogP contribution < -0.4 is 15.4 Å². The standard InChI is InChI=1S/C18H32N4O2/c1-5-19-18(20-6-2)21-15-16-8-7-9-17(14-16)24-13-11-22(3)10-12-23-4/h7-9,14H,5-6,10-13,15H2,1-4H3,(H2,19,20,21). The first-order valence-corrected chi connectivity index (χ1v) is 8.61. The summed E-state index contributed by atoms with van der Waals surface area (Å²) in [6.07, 6.45) is 0. The van der Waals surface area contributed by atoms with Crippen LogP contribution in [0.15, 0.2) is 29.3 Å². The van der Waals surface area contributed by atoms with Crippen LogP contribution >= 0.6 is 0 Å². The second-order valence-electron chi connectivity index (χ2n) is 5.52. The van der Waals surface area contributed by atoms with Gasteiger partial charge in [0.2, 0.25) is 0 Å². The number of hydrogen-bond donors (Lipinski definition) is 2. The summed E-state index contributed by atoms with van der Waals surface area (Å²) in [6, 6.07) is 8.11. The van der Waals surface area contributed by atoms with Gasteiger partial charge in [-0.25, -0.2) is 4.99 Å². The molecule has 0 fully saturated rings. The van der Waals surface area contributed by atoms with Gasteiger partial charge in [-0.05, 0) is 38.6 Å². The Kier molecular flexibility index (Phi) is 10.6. The number of likely N-dealkylation sites (N-methyl/N-ethyl adjacent to an activating group) is 1. The molecular weight excluding hydrogens is 304 g/mol. The summed E-state index contributed by atoms with van der Waals surface area (Å²) in [5, 5.41) is 6.45. The summed E-state index contributed by atoms with van der Waals surface area (Å²) >= 11 is 0. The van der Waals surface area contributed by atoms with Gasteiger partial charge in [0.05, 0.1) is 13.2 Å². The van der Waals surface area contributed by atoms with Crippen LogP contribution in [0.4, 0.5) is 0 Å². The van der Waals surface area contributed by atoms with Gasteiger partial charge in [0.25, 0.3) is 0 Å². The molecule has 0 amide bonds. The Hall–Kier alpha value is -1.79. The van der Waals surface area contributed by atoms with Crippen molar-refractivity contribution in [2.75, 3.05) is 53.6 Å². The number of nitrogens with zero attached hydrogens (tertiary/aromatic N) is 2. The molecule has 0 saturated carbocycles. The molecule has 0 aromatic heterocycles. The number of methoxy groups -OCH3 is 1. The Morgan fingerprint density at radius 2 is 1.83 bits per heavy atom. The number of hydrogen-bond acceptors (Lipinski definition) is 4. The highest BCUT2D eigenvalue weighted by atomic mass is 16.5. The molecule has 0 aliphatic carbocycles. The summed E-state index contributed by atoms with van der Waals surface area (Å²) in [4.78, 5) is 6.76. The van der Waals surface area contributed by atoms with Crippen molar-refractivity contribution in [1.82, 2.24) is 15.5 Å². The van der Waals surface area contributed by atoms with Crippen LogP contribution in [0.3, 0.4) is 0 Å². The van der Waals surface area contributed by atoms with Gasteiger partial charge in [-0.15, -0.1) is 0 Å². The van der Waals surface area contributed by atoms with Gasteiger partial charge in [-0.2, -0.15) is 0 Å². The molecule has 0 aliphatic heterocycles. The first kappa shape index (κ1) is 20.3. The molecule has 0 spiro atoms. The van der Waals surface area contributed by atoms with Crippen LogP contribution in [0.1, 0.15) is 19.4 Å². The Bertz CT molecular complexity index is 472. The first-order valence-electron chi connectivity index (χ1n) is 8.61. The fourth-order valence-electron chi connectivity index (χ4n) is 2.09. The molecule has 1 rings (SSSR count). The highest BCUT2D eigenvalue weighted by Crippen LogP contribution is 2.14. The third-order valence-electron chi connectivity index (χ3n) is 3.43. The normalized spacial score (nSPS) is 10.5. The molecule has 6 heteroatoms. The minimum absolute atomic E-state index is 0.625. The highest BCUT2D eigenvalue weighted by Gasteiger charge is 2.01. The number of guanidine groups is 1. The van der Waals surface area contributed by atoms with E-state index in [1.54, 1.807) is 7.11 Å². The second kappa shape index (κ2) is 12.6. The topological polar surface area (TPSA) is 58.1 Å². The third-order valence-corrected chi connectivity index (χ3v) is 3.43. The van der Waals surface area contributed by atoms with Crippen molar-refractivity contribution in [2.24, 2.45) is 4.99 Å². The van der Waals surface area contributed by atoms with Crippen LogP contribution in [0.5, 0.6) is 5.75 Å². The van der Waals surface area contributed by atoms with Gasteiger partial charge in [-0.1, -0.05) is 12.1 Å². The molecule has 0 bridgehead atoms. The number of ether oxygens (including phenoxy) is 2. The van der Waals surface area contributed by atoms with E-state index < -0.39 is 0 Å². The molecule has 0 radical (unpaired) electrons. The van der Waals surface area contributed by atoms with Crippen molar-refractivity contribution in [3.63, 3.8) is 0 Å². The Morgan fingerprint density at radius 3 is 2.50 bits per heavy atom. The second-order valence-corrected chi connectivity index (χ2v) is 5.52. The summed E-state index contributed by atoms with van der Waals surface area (Å²) < 4.78 is 10.9. The summed E-state index contributed by atoms with van der Waals surface area (Å²) in [5.41, 5.74) is 1.13. The van der Waals surface area contributed by atoms with Crippen molar-refractivity contribution in [2.45, 2.75) is 20.4 Å². The largest absolute Gasteiger partial charge is 0.492 e. The van der Waals surface area contributed by atoms with E-state index in [0.717, 1.165) is 50.1 Å². The van der Waals surface area contributed by atoms with Crippen LogP contribution in [-0.4, -0.2) is 64.4 Å². The van der Waals surface area contributed by atoms with Crippen LogP contribution in [0.25, 0.3) is 0 Å². The summed E-state index contributed by atoms with van der Waals surface area (Å²) in [6.45, 7) is 9.63. The summed E-state index contributed by atoms with van der Waals surface area (Å²) in [7, 11) is 3.78. The zero-order valence-electron chi connectivity index (χ0n) is 15.5. The fourth-order valence-corrected chi connectivity index (χ4v) is 2.09. The van der Waals surface area contributed by atoms with E-state index in [1.807, 2.05) is 18.2 Å². The van der Waals surface area contributed by atoms with E-state index in [-0.39, 0.29) is 0 Å². The van der Waals surface area contributed by atoms with E-state index in [2.05, 4.69) is 47.5 Å². The van der Waals surface area contributed by atoms with Crippen molar-refractivity contribution in [1.29, 1.82) is 0 Å². The maximum absolute atomic E-state index is 5.84. The average Bonchev–Trinajstić information content (AvgIpc) is 2.58. The van der Waals surface area contributed by atoms with Crippen molar-refractivity contribution < 1.29 is 9.47 Å². The lowest BCUT2D eigenvalue weighted by Gasteiger charge is -2.16. The molecule has 2 N–H and O–H groups in total. The molecule has 0 saturated heterocycles. The monoisotopic (exact) mass is 336 g/mol. The van der Waals surface area contributed by atoms with E-state index in [4.69, 9.17) is 9.47 Å². The molecule has 0 unspecified atom stereocenters. The van der Waals surface area contributed by atoms with Gasteiger partial charge in [0.1, 0.15) is 12.4 Å². The maximum atomic E-state index is 5.84. The molecule has 6 nitrogen and oxygen atoms in total. The number of nitrogens with one attached hydrogen (secondary N) is 2. The molecular formula is C18H32N4O2. The molecule has 136 valence electrons. The molecule has 0 atom stereocenters. The fraction of sp³-hybridized carbons (Fsp3) is 0.611. The Morgan fingerprint density at radius 1 is 1.12 bits per heavy atom.